The Morgan fingerprint density at radius 2 is 0.613 bits per heavy atom. The molecule has 0 atom stereocenters. The summed E-state index contributed by atoms with van der Waals surface area (Å²) < 4.78 is 124. The van der Waals surface area contributed by atoms with E-state index in [2.05, 4.69) is 165 Å². The standard InChI is InChI=1S/C20H26I.C12H10I.C12H26.2CHF3O3S/c1-19(2,3)15-7-11-17(12-8-15)21-18-13-9-16(10-14-18)20(4,5)6;1-3-7-11(8-4-1)13-12-9-5-2-6-10-12;1-3-5-7-9-11-12-10-8-6-4-2;2*2-1(3,4)8(5,6)7/h7-14H,1-6H3;1-10H;3-12H2,1-2H3;2*(H,5,6,7)/q2*+1;;;/p-2. The van der Waals surface area contributed by atoms with Gasteiger partial charge in [-0.15, -0.1) is 0 Å². The van der Waals surface area contributed by atoms with Gasteiger partial charge in [0, 0.05) is 0 Å². The maximum Gasteiger partial charge on any atom is 0.485 e. The first-order chi connectivity index (χ1) is 28.5. The van der Waals surface area contributed by atoms with Gasteiger partial charge in [0.15, 0.2) is 34.5 Å². The van der Waals surface area contributed by atoms with E-state index in [0.29, 0.717) is 0 Å². The van der Waals surface area contributed by atoms with Crippen molar-refractivity contribution in [2.45, 2.75) is 141 Å². The Morgan fingerprint density at radius 1 is 0.403 bits per heavy atom. The first-order valence-electron chi connectivity index (χ1n) is 20.2. The third-order valence-electron chi connectivity index (χ3n) is 8.35. The highest BCUT2D eigenvalue weighted by Crippen LogP contribution is 2.23. The van der Waals surface area contributed by atoms with Gasteiger partial charge in [-0.3, -0.25) is 0 Å². The van der Waals surface area contributed by atoms with Crippen molar-refractivity contribution < 1.29 is 94.7 Å². The number of hydrogen-bond acceptors (Lipinski definition) is 6. The normalized spacial score (nSPS) is 11.9. The zero-order chi connectivity index (χ0) is 47.7. The Bertz CT molecular complexity index is 1840. The van der Waals surface area contributed by atoms with Crippen LogP contribution >= 0.6 is 0 Å². The van der Waals surface area contributed by atoms with Crippen molar-refractivity contribution in [3.63, 3.8) is 0 Å². The molecule has 0 radical (unpaired) electrons. The average Bonchev–Trinajstić information content (AvgIpc) is 3.16. The summed E-state index contributed by atoms with van der Waals surface area (Å²) in [6, 6.07) is 39.8. The molecule has 0 aliphatic carbocycles. The van der Waals surface area contributed by atoms with Crippen LogP contribution in [0.2, 0.25) is 0 Å². The minimum Gasteiger partial charge on any atom is -0.741 e. The van der Waals surface area contributed by atoms with Crippen molar-refractivity contribution in [3.05, 3.63) is 135 Å². The van der Waals surface area contributed by atoms with Crippen LogP contribution in [0.5, 0.6) is 0 Å². The first-order valence-corrected chi connectivity index (χ1v) is 27.3. The van der Waals surface area contributed by atoms with Crippen LogP contribution in [0, 0.1) is 14.3 Å². The molecular weight excluding hydrogens is 1080 g/mol. The number of hydrogen-bond donors (Lipinski definition) is 0. The van der Waals surface area contributed by atoms with E-state index in [0.717, 1.165) is 0 Å². The van der Waals surface area contributed by atoms with Crippen molar-refractivity contribution in [1.29, 1.82) is 0 Å². The molecule has 4 aromatic rings. The molecule has 0 aliphatic heterocycles. The van der Waals surface area contributed by atoms with E-state index >= 15 is 0 Å². The fourth-order valence-electron chi connectivity index (χ4n) is 4.79. The lowest BCUT2D eigenvalue weighted by Gasteiger charge is -2.18. The topological polar surface area (TPSA) is 114 Å². The van der Waals surface area contributed by atoms with Gasteiger partial charge in [-0.1, -0.05) is 180 Å². The molecule has 0 saturated carbocycles. The minimum absolute atomic E-state index is 0.0287. The molecule has 0 bridgehead atoms. The molecule has 0 saturated heterocycles. The van der Waals surface area contributed by atoms with E-state index in [-0.39, 0.29) is 53.2 Å². The average molecular weight is 1140 g/mol. The largest absolute Gasteiger partial charge is 0.741 e. The van der Waals surface area contributed by atoms with Gasteiger partial charge in [0.2, 0.25) is 0 Å². The third-order valence-corrected chi connectivity index (χ3v) is 14.8. The molecule has 0 aromatic heterocycles. The molecule has 350 valence electrons. The number of alkyl halides is 6. The Labute approximate surface area is 388 Å². The minimum atomic E-state index is -6.09. The molecule has 62 heavy (non-hydrogen) atoms. The molecule has 0 aliphatic rings. The van der Waals surface area contributed by atoms with E-state index in [1.807, 2.05) is 0 Å². The summed E-state index contributed by atoms with van der Waals surface area (Å²) in [5, 5.41) is 0. The highest BCUT2D eigenvalue weighted by Gasteiger charge is 2.37. The van der Waals surface area contributed by atoms with Gasteiger partial charge in [-0.05, 0) is 70.5 Å². The van der Waals surface area contributed by atoms with Crippen LogP contribution in [0.3, 0.4) is 0 Å². The Morgan fingerprint density at radius 3 is 0.806 bits per heavy atom. The summed E-state index contributed by atoms with van der Waals surface area (Å²) in [6.07, 6.45) is 14.4. The lowest BCUT2D eigenvalue weighted by molar-refractivity contribution is -0.597. The van der Waals surface area contributed by atoms with Crippen LogP contribution in [0.15, 0.2) is 109 Å². The predicted octanol–water partition coefficient (Wildman–Crippen LogP) is 7.26. The van der Waals surface area contributed by atoms with E-state index < -0.39 is 31.3 Å². The molecule has 4 rings (SSSR count). The van der Waals surface area contributed by atoms with Gasteiger partial charge in [0.1, 0.15) is 0 Å². The third kappa shape index (κ3) is 28.5. The Balaban J connectivity index is 0.000000794. The summed E-state index contributed by atoms with van der Waals surface area (Å²) in [6.45, 7) is 18.2. The van der Waals surface area contributed by atoms with Crippen LogP contribution < -0.4 is 42.4 Å². The Kier molecular flexibility index (Phi) is 28.2. The molecule has 0 N–H and O–H groups in total. The summed E-state index contributed by atoms with van der Waals surface area (Å²) in [7, 11) is -12.2. The molecule has 4 aromatic carbocycles. The highest BCUT2D eigenvalue weighted by atomic mass is 127. The fraction of sp³-hybridized carbons (Fsp3) is 0.478. The smallest absolute Gasteiger partial charge is 0.485 e. The van der Waals surface area contributed by atoms with E-state index in [9.17, 15) is 26.3 Å². The molecule has 0 amide bonds. The molecule has 6 nitrogen and oxygen atoms in total. The second kappa shape index (κ2) is 29.3. The number of benzene rings is 4. The molecule has 0 heterocycles. The molecule has 0 fully saturated rings. The van der Waals surface area contributed by atoms with Gasteiger partial charge in [-0.2, -0.15) is 26.3 Å². The summed E-state index contributed by atoms with van der Waals surface area (Å²) >= 11 is -0.0416. The van der Waals surface area contributed by atoms with Gasteiger partial charge in [0.05, 0.1) is 0 Å². The van der Waals surface area contributed by atoms with Crippen LogP contribution in [-0.4, -0.2) is 37.0 Å². The van der Waals surface area contributed by atoms with Crippen molar-refractivity contribution >= 4 is 20.2 Å². The number of rotatable bonds is 13. The monoisotopic (exact) mass is 1140 g/mol. The number of unbranched alkanes of at least 4 members (excludes halogenated alkanes) is 9. The number of halogens is 8. The van der Waals surface area contributed by atoms with Crippen LogP contribution in [0.4, 0.5) is 26.3 Å². The molecule has 0 spiro atoms. The quantitative estimate of drug-likeness (QED) is 0.0459. The molecule has 16 heteroatoms. The van der Waals surface area contributed by atoms with Crippen LogP contribution in [0.25, 0.3) is 0 Å². The van der Waals surface area contributed by atoms with Gasteiger partial charge >= 0.3 is 53.4 Å². The zero-order valence-corrected chi connectivity index (χ0v) is 42.7. The van der Waals surface area contributed by atoms with Crippen molar-refractivity contribution in [1.82, 2.24) is 0 Å². The van der Waals surface area contributed by atoms with Gasteiger partial charge in [0.25, 0.3) is 0 Å². The fourth-order valence-corrected chi connectivity index (χ4v) is 9.22. The van der Waals surface area contributed by atoms with Crippen LogP contribution in [0.1, 0.15) is 131 Å². The summed E-state index contributed by atoms with van der Waals surface area (Å²) in [5.74, 6) is 0. The second-order valence-corrected chi connectivity index (χ2v) is 24.7. The lowest BCUT2D eigenvalue weighted by atomic mass is 9.87. The van der Waals surface area contributed by atoms with E-state index in [4.69, 9.17) is 25.9 Å². The predicted molar refractivity (Wildman–Crippen MR) is 227 cm³/mol. The van der Waals surface area contributed by atoms with Crippen molar-refractivity contribution in [3.8, 4) is 0 Å². The van der Waals surface area contributed by atoms with Crippen molar-refractivity contribution in [2.24, 2.45) is 0 Å². The SMILES string of the molecule is CC(C)(C)c1ccc([I+]c2ccc(C(C)(C)C)cc2)cc1.CCCCCCCCCCCC.O=S(=O)([O-])C(F)(F)F.O=S(=O)([O-])C(F)(F)F.c1ccc([I+]c2ccccc2)cc1. The zero-order valence-electron chi connectivity index (χ0n) is 36.8. The lowest BCUT2D eigenvalue weighted by Crippen LogP contribution is -3.61. The van der Waals surface area contributed by atoms with Crippen LogP contribution in [-0.2, 0) is 31.1 Å². The second-order valence-electron chi connectivity index (χ2n) is 15.9. The highest BCUT2D eigenvalue weighted by molar-refractivity contribution is 7.86. The summed E-state index contributed by atoms with van der Waals surface area (Å²) in [4.78, 5) is 0. The molecule has 0 unspecified atom stereocenters. The van der Waals surface area contributed by atoms with E-state index in [1.54, 1.807) is 0 Å². The maximum atomic E-state index is 10.7. The Hall–Kier alpha value is -2.26. The first kappa shape index (κ1) is 59.7. The maximum absolute atomic E-state index is 10.7. The van der Waals surface area contributed by atoms with E-state index in [1.165, 1.54) is 89.6 Å². The van der Waals surface area contributed by atoms with Crippen molar-refractivity contribution in [2.75, 3.05) is 0 Å². The summed E-state index contributed by atoms with van der Waals surface area (Å²) in [5.41, 5.74) is -7.98. The van der Waals surface area contributed by atoms with Gasteiger partial charge in [-0.25, -0.2) is 16.8 Å². The molecular formula is C46H62F6I2O6S2. The van der Waals surface area contributed by atoms with Gasteiger partial charge < -0.3 is 9.11 Å².